The number of benzene rings is 2. The van der Waals surface area contributed by atoms with Crippen LogP contribution in [-0.4, -0.2) is 23.8 Å². The number of amidine groups is 2. The zero-order chi connectivity index (χ0) is 20.8. The number of aryl methyl sites for hydroxylation is 2. The van der Waals surface area contributed by atoms with Crippen molar-refractivity contribution in [2.75, 3.05) is 10.6 Å². The molecule has 2 aliphatic rings. The van der Waals surface area contributed by atoms with E-state index in [1.165, 1.54) is 62.5 Å². The molecule has 0 bridgehead atoms. The molecule has 30 heavy (non-hydrogen) atoms. The van der Waals surface area contributed by atoms with E-state index in [-0.39, 0.29) is 0 Å². The molecule has 0 radical (unpaired) electrons. The molecule has 2 aliphatic carbocycles. The van der Waals surface area contributed by atoms with E-state index in [0.717, 1.165) is 23.0 Å². The Bertz CT molecular complexity index is 793. The Balaban J connectivity index is 1.66. The van der Waals surface area contributed by atoms with Gasteiger partial charge in [-0.05, 0) is 63.8 Å². The first-order chi connectivity index (χ1) is 14.7. The molecule has 2 aromatic rings. The van der Waals surface area contributed by atoms with Crippen LogP contribution in [0.15, 0.2) is 58.5 Å². The Morgan fingerprint density at radius 2 is 0.933 bits per heavy atom. The van der Waals surface area contributed by atoms with Crippen molar-refractivity contribution in [3.63, 3.8) is 0 Å². The standard InChI is InChI=1S/C26H34N4/c1-19-11-15-23(16-12-19)29-25(27-21-7-3-4-8-21)26(28-22-9-5-6-10-22)30-24-17-13-20(2)14-18-24/h11-18,21-22H,3-10H2,1-2H3,(H,27,29)(H,28,30). The van der Waals surface area contributed by atoms with E-state index in [4.69, 9.17) is 9.98 Å². The van der Waals surface area contributed by atoms with Crippen molar-refractivity contribution in [3.8, 4) is 0 Å². The van der Waals surface area contributed by atoms with E-state index in [1.807, 2.05) is 0 Å². The minimum atomic E-state index is 0.381. The maximum atomic E-state index is 5.16. The lowest BCUT2D eigenvalue weighted by atomic mass is 10.2. The van der Waals surface area contributed by atoms with Crippen molar-refractivity contribution in [2.24, 2.45) is 9.98 Å². The quantitative estimate of drug-likeness (QED) is 0.452. The van der Waals surface area contributed by atoms with E-state index in [0.29, 0.717) is 12.1 Å². The van der Waals surface area contributed by atoms with Gasteiger partial charge < -0.3 is 10.6 Å². The van der Waals surface area contributed by atoms with Crippen molar-refractivity contribution < 1.29 is 0 Å². The Hall–Kier alpha value is -2.62. The lowest BCUT2D eigenvalue weighted by molar-refractivity contribution is 0.702. The van der Waals surface area contributed by atoms with Crippen LogP contribution in [-0.2, 0) is 0 Å². The molecular weight excluding hydrogens is 368 g/mol. The van der Waals surface area contributed by atoms with Gasteiger partial charge in [-0.2, -0.15) is 0 Å². The third-order valence-corrected chi connectivity index (χ3v) is 6.13. The fourth-order valence-corrected chi connectivity index (χ4v) is 4.28. The summed E-state index contributed by atoms with van der Waals surface area (Å²) in [4.78, 5) is 10.3. The lowest BCUT2D eigenvalue weighted by Gasteiger charge is -2.18. The molecule has 2 aromatic carbocycles. The van der Waals surface area contributed by atoms with Crippen LogP contribution in [0.4, 0.5) is 11.4 Å². The van der Waals surface area contributed by atoms with Gasteiger partial charge in [-0.15, -0.1) is 0 Å². The first-order valence-electron chi connectivity index (χ1n) is 11.5. The third-order valence-electron chi connectivity index (χ3n) is 6.13. The number of rotatable bonds is 4. The Kier molecular flexibility index (Phi) is 6.83. The van der Waals surface area contributed by atoms with Gasteiger partial charge in [0.05, 0.1) is 12.1 Å². The maximum Gasteiger partial charge on any atom is 0.169 e. The molecule has 0 aromatic heterocycles. The van der Waals surface area contributed by atoms with Gasteiger partial charge in [0.25, 0.3) is 0 Å². The largest absolute Gasteiger partial charge is 0.337 e. The van der Waals surface area contributed by atoms with Gasteiger partial charge >= 0.3 is 0 Å². The van der Waals surface area contributed by atoms with E-state index >= 15 is 0 Å². The average Bonchev–Trinajstić information content (AvgIpc) is 3.44. The van der Waals surface area contributed by atoms with Gasteiger partial charge in [0.1, 0.15) is 0 Å². The summed E-state index contributed by atoms with van der Waals surface area (Å²) >= 11 is 0. The molecule has 2 saturated carbocycles. The molecule has 0 amide bonds. The van der Waals surface area contributed by atoms with E-state index in [9.17, 15) is 0 Å². The second-order valence-corrected chi connectivity index (χ2v) is 8.81. The minimum Gasteiger partial charge on any atom is -0.337 e. The number of nitrogens with zero attached hydrogens (tertiary/aromatic N) is 2. The molecule has 2 N–H and O–H groups in total. The highest BCUT2D eigenvalue weighted by Gasteiger charge is 2.21. The smallest absolute Gasteiger partial charge is 0.169 e. The highest BCUT2D eigenvalue weighted by Crippen LogP contribution is 2.24. The summed E-state index contributed by atoms with van der Waals surface area (Å²) in [6.45, 7) is 4.23. The molecule has 4 nitrogen and oxygen atoms in total. The van der Waals surface area contributed by atoms with Crippen molar-refractivity contribution in [2.45, 2.75) is 77.3 Å². The topological polar surface area (TPSA) is 48.8 Å². The molecular formula is C26H34N4. The summed E-state index contributed by atoms with van der Waals surface area (Å²) < 4.78 is 0. The Morgan fingerprint density at radius 3 is 1.27 bits per heavy atom. The SMILES string of the molecule is Cc1ccc(NC(=NC2CCCC2)C(=NC2CCCC2)Nc2ccc(C)cc2)cc1. The van der Waals surface area contributed by atoms with E-state index in [1.54, 1.807) is 0 Å². The van der Waals surface area contributed by atoms with Gasteiger partial charge in [-0.25, -0.2) is 0 Å². The lowest BCUT2D eigenvalue weighted by Crippen LogP contribution is -2.32. The first-order valence-corrected chi connectivity index (χ1v) is 11.5. The van der Waals surface area contributed by atoms with Crippen molar-refractivity contribution >= 4 is 23.0 Å². The number of nitrogens with one attached hydrogen (secondary N) is 2. The monoisotopic (exact) mass is 402 g/mol. The molecule has 2 fully saturated rings. The predicted octanol–water partition coefficient (Wildman–Crippen LogP) is 6.51. The highest BCUT2D eigenvalue weighted by molar-refractivity contribution is 6.48. The number of hydrogen-bond donors (Lipinski definition) is 2. The van der Waals surface area contributed by atoms with Crippen LogP contribution >= 0.6 is 0 Å². The van der Waals surface area contributed by atoms with Crippen molar-refractivity contribution in [1.82, 2.24) is 0 Å². The second kappa shape index (κ2) is 9.92. The zero-order valence-electron chi connectivity index (χ0n) is 18.3. The number of anilines is 2. The number of hydrogen-bond acceptors (Lipinski definition) is 2. The Labute approximate surface area is 180 Å². The fourth-order valence-electron chi connectivity index (χ4n) is 4.28. The first kappa shape index (κ1) is 20.6. The van der Waals surface area contributed by atoms with Crippen LogP contribution in [0, 0.1) is 13.8 Å². The molecule has 0 unspecified atom stereocenters. The molecule has 0 aliphatic heterocycles. The third kappa shape index (κ3) is 5.71. The van der Waals surface area contributed by atoms with Crippen LogP contribution in [0.5, 0.6) is 0 Å². The van der Waals surface area contributed by atoms with Gasteiger partial charge in [0.2, 0.25) is 0 Å². The summed E-state index contributed by atoms with van der Waals surface area (Å²) in [6.07, 6.45) is 9.75. The highest BCUT2D eigenvalue weighted by atomic mass is 15.1. The summed E-state index contributed by atoms with van der Waals surface area (Å²) in [5.74, 6) is 1.75. The predicted molar refractivity (Wildman–Crippen MR) is 129 cm³/mol. The summed E-state index contributed by atoms with van der Waals surface area (Å²) in [5, 5.41) is 7.19. The maximum absolute atomic E-state index is 5.16. The van der Waals surface area contributed by atoms with E-state index < -0.39 is 0 Å². The van der Waals surface area contributed by atoms with Crippen LogP contribution in [0.2, 0.25) is 0 Å². The van der Waals surface area contributed by atoms with Crippen LogP contribution < -0.4 is 10.6 Å². The minimum absolute atomic E-state index is 0.381. The normalized spacial score (nSPS) is 18.7. The summed E-state index contributed by atoms with van der Waals surface area (Å²) in [7, 11) is 0. The molecule has 4 rings (SSSR count). The number of aliphatic imine (C=N–C) groups is 2. The van der Waals surface area contributed by atoms with Gasteiger partial charge in [0, 0.05) is 11.4 Å². The van der Waals surface area contributed by atoms with Crippen LogP contribution in [0.1, 0.15) is 62.5 Å². The molecule has 158 valence electrons. The van der Waals surface area contributed by atoms with Crippen molar-refractivity contribution in [1.29, 1.82) is 0 Å². The van der Waals surface area contributed by atoms with Crippen LogP contribution in [0.3, 0.4) is 0 Å². The molecule has 0 heterocycles. The van der Waals surface area contributed by atoms with Crippen LogP contribution in [0.25, 0.3) is 0 Å². The van der Waals surface area contributed by atoms with E-state index in [2.05, 4.69) is 73.0 Å². The van der Waals surface area contributed by atoms with Gasteiger partial charge in [-0.3, -0.25) is 9.98 Å². The second-order valence-electron chi connectivity index (χ2n) is 8.81. The van der Waals surface area contributed by atoms with Crippen molar-refractivity contribution in [3.05, 3.63) is 59.7 Å². The molecule has 0 atom stereocenters. The van der Waals surface area contributed by atoms with Gasteiger partial charge in [-0.1, -0.05) is 61.1 Å². The zero-order valence-corrected chi connectivity index (χ0v) is 18.3. The molecule has 4 heteroatoms. The average molecular weight is 403 g/mol. The Morgan fingerprint density at radius 1 is 0.600 bits per heavy atom. The summed E-state index contributed by atoms with van der Waals surface area (Å²) in [5.41, 5.74) is 4.63. The fraction of sp³-hybridized carbons (Fsp3) is 0.462. The summed E-state index contributed by atoms with van der Waals surface area (Å²) in [6, 6.07) is 17.8. The molecule has 0 spiro atoms. The molecule has 0 saturated heterocycles. The van der Waals surface area contributed by atoms with Gasteiger partial charge in [0.15, 0.2) is 11.7 Å².